The van der Waals surface area contributed by atoms with Crippen molar-refractivity contribution < 1.29 is 14.0 Å². The van der Waals surface area contributed by atoms with Crippen LogP contribution < -0.4 is 10.7 Å². The standard InChI is InChI=1S/C24H24BrN3O3/c1-15(27-28-22(29)16-8-10-18(11-9-16)24(2,3)4)17-6-5-7-19(14-17)26-23(30)20-12-13-21(25)31-20/h5-14H,1-4H3,(H,26,30)(H,28,29)/b27-15-. The third-order valence-corrected chi connectivity index (χ3v) is 5.10. The maximum atomic E-state index is 12.4. The van der Waals surface area contributed by atoms with Crippen LogP contribution in [0.3, 0.4) is 0 Å². The van der Waals surface area contributed by atoms with E-state index in [1.54, 1.807) is 49.4 Å². The van der Waals surface area contributed by atoms with Gasteiger partial charge in [0.25, 0.3) is 11.8 Å². The highest BCUT2D eigenvalue weighted by Crippen LogP contribution is 2.22. The summed E-state index contributed by atoms with van der Waals surface area (Å²) < 4.78 is 5.75. The Balaban J connectivity index is 1.66. The van der Waals surface area contributed by atoms with E-state index in [4.69, 9.17) is 4.42 Å². The maximum Gasteiger partial charge on any atom is 0.291 e. The van der Waals surface area contributed by atoms with Crippen molar-refractivity contribution in [3.05, 3.63) is 87.8 Å². The Morgan fingerprint density at radius 3 is 2.26 bits per heavy atom. The number of hydrogen-bond donors (Lipinski definition) is 2. The van der Waals surface area contributed by atoms with Crippen LogP contribution in [0.5, 0.6) is 0 Å². The number of anilines is 1. The van der Waals surface area contributed by atoms with Crippen molar-refractivity contribution in [3.63, 3.8) is 0 Å². The Bertz CT molecular complexity index is 1130. The predicted octanol–water partition coefficient (Wildman–Crippen LogP) is 5.75. The molecule has 0 saturated carbocycles. The third kappa shape index (κ3) is 5.92. The molecule has 2 N–H and O–H groups in total. The van der Waals surface area contributed by atoms with Gasteiger partial charge in [0.2, 0.25) is 0 Å². The number of nitrogens with one attached hydrogen (secondary N) is 2. The van der Waals surface area contributed by atoms with Gasteiger partial charge in [-0.2, -0.15) is 5.10 Å². The number of benzene rings is 2. The topological polar surface area (TPSA) is 83.7 Å². The second-order valence-corrected chi connectivity index (χ2v) is 8.89. The second-order valence-electron chi connectivity index (χ2n) is 8.10. The van der Waals surface area contributed by atoms with Crippen LogP contribution in [0.4, 0.5) is 5.69 Å². The van der Waals surface area contributed by atoms with Crippen LogP contribution in [0.2, 0.25) is 0 Å². The fraction of sp³-hybridized carbons (Fsp3) is 0.208. The van der Waals surface area contributed by atoms with Crippen LogP contribution in [0, 0.1) is 0 Å². The predicted molar refractivity (Wildman–Crippen MR) is 126 cm³/mol. The minimum absolute atomic E-state index is 0.0254. The van der Waals surface area contributed by atoms with Gasteiger partial charge >= 0.3 is 0 Å². The van der Waals surface area contributed by atoms with Crippen molar-refractivity contribution >= 4 is 39.1 Å². The summed E-state index contributed by atoms with van der Waals surface area (Å²) in [6.07, 6.45) is 0. The maximum absolute atomic E-state index is 12.4. The van der Waals surface area contributed by atoms with Gasteiger partial charge in [0.15, 0.2) is 10.4 Å². The summed E-state index contributed by atoms with van der Waals surface area (Å²) in [5.74, 6) is -0.440. The van der Waals surface area contributed by atoms with Crippen molar-refractivity contribution in [1.82, 2.24) is 5.43 Å². The highest BCUT2D eigenvalue weighted by molar-refractivity contribution is 9.10. The van der Waals surface area contributed by atoms with Gasteiger partial charge in [0.1, 0.15) is 0 Å². The Hall–Kier alpha value is -3.19. The van der Waals surface area contributed by atoms with Crippen LogP contribution in [-0.2, 0) is 5.41 Å². The van der Waals surface area contributed by atoms with E-state index >= 15 is 0 Å². The molecule has 1 aromatic heterocycles. The number of halogens is 1. The number of hydrogen-bond acceptors (Lipinski definition) is 4. The van der Waals surface area contributed by atoms with Crippen LogP contribution in [0.15, 0.2) is 74.9 Å². The molecule has 7 heteroatoms. The quantitative estimate of drug-likeness (QED) is 0.359. The van der Waals surface area contributed by atoms with E-state index in [-0.39, 0.29) is 23.0 Å². The van der Waals surface area contributed by atoms with Gasteiger partial charge in [0, 0.05) is 11.3 Å². The molecule has 2 amide bonds. The van der Waals surface area contributed by atoms with Gasteiger partial charge in [-0.1, -0.05) is 45.0 Å². The number of amides is 2. The molecule has 2 aromatic carbocycles. The van der Waals surface area contributed by atoms with Crippen LogP contribution in [-0.4, -0.2) is 17.5 Å². The van der Waals surface area contributed by atoms with Crippen molar-refractivity contribution in [2.45, 2.75) is 33.1 Å². The Morgan fingerprint density at radius 1 is 0.935 bits per heavy atom. The molecule has 0 spiro atoms. The molecule has 6 nitrogen and oxygen atoms in total. The van der Waals surface area contributed by atoms with Crippen LogP contribution in [0.25, 0.3) is 0 Å². The molecular formula is C24H24BrN3O3. The molecule has 1 heterocycles. The molecule has 3 rings (SSSR count). The molecule has 0 radical (unpaired) electrons. The smallest absolute Gasteiger partial charge is 0.291 e. The zero-order valence-electron chi connectivity index (χ0n) is 17.8. The lowest BCUT2D eigenvalue weighted by Gasteiger charge is -2.18. The minimum atomic E-state index is -0.357. The molecule has 0 bridgehead atoms. The van der Waals surface area contributed by atoms with Crippen molar-refractivity contribution in [1.29, 1.82) is 0 Å². The fourth-order valence-corrected chi connectivity index (χ4v) is 3.14. The summed E-state index contributed by atoms with van der Waals surface area (Å²) in [5.41, 5.74) is 6.27. The van der Waals surface area contributed by atoms with Crippen LogP contribution >= 0.6 is 15.9 Å². The molecule has 0 aliphatic carbocycles. The Kier molecular flexibility index (Phi) is 6.75. The second kappa shape index (κ2) is 9.31. The van der Waals surface area contributed by atoms with Gasteiger partial charge in [-0.05, 0) is 75.8 Å². The fourth-order valence-electron chi connectivity index (χ4n) is 2.84. The van der Waals surface area contributed by atoms with E-state index in [1.807, 2.05) is 18.2 Å². The molecule has 0 saturated heterocycles. The number of carbonyl (C=O) groups excluding carboxylic acids is 2. The lowest BCUT2D eigenvalue weighted by atomic mass is 9.87. The zero-order chi connectivity index (χ0) is 22.6. The number of carbonyl (C=O) groups is 2. The van der Waals surface area contributed by atoms with Crippen molar-refractivity contribution in [3.8, 4) is 0 Å². The Labute approximate surface area is 189 Å². The summed E-state index contributed by atoms with van der Waals surface area (Å²) in [6, 6.07) is 17.9. The van der Waals surface area contributed by atoms with Crippen molar-refractivity contribution in [2.75, 3.05) is 5.32 Å². The van der Waals surface area contributed by atoms with Gasteiger partial charge in [-0.3, -0.25) is 9.59 Å². The minimum Gasteiger partial charge on any atom is -0.444 e. The highest BCUT2D eigenvalue weighted by Gasteiger charge is 2.14. The highest BCUT2D eigenvalue weighted by atomic mass is 79.9. The lowest BCUT2D eigenvalue weighted by Crippen LogP contribution is -2.20. The summed E-state index contributed by atoms with van der Waals surface area (Å²) >= 11 is 3.18. The molecule has 0 atom stereocenters. The summed E-state index contributed by atoms with van der Waals surface area (Å²) in [7, 11) is 0. The molecular weight excluding hydrogens is 458 g/mol. The third-order valence-electron chi connectivity index (χ3n) is 4.67. The van der Waals surface area contributed by atoms with E-state index in [2.05, 4.69) is 52.5 Å². The molecule has 160 valence electrons. The van der Waals surface area contributed by atoms with E-state index in [1.165, 1.54) is 0 Å². The first kappa shape index (κ1) is 22.5. The van der Waals surface area contributed by atoms with E-state index in [0.717, 1.165) is 11.1 Å². The lowest BCUT2D eigenvalue weighted by molar-refractivity contribution is 0.0953. The van der Waals surface area contributed by atoms with E-state index in [9.17, 15) is 9.59 Å². The SMILES string of the molecule is C/C(=N/NC(=O)c1ccc(C(C)(C)C)cc1)c1cccc(NC(=O)c2ccc(Br)o2)c1. The number of hydrazone groups is 1. The van der Waals surface area contributed by atoms with Gasteiger partial charge < -0.3 is 9.73 Å². The molecule has 0 unspecified atom stereocenters. The van der Waals surface area contributed by atoms with E-state index < -0.39 is 0 Å². The zero-order valence-corrected chi connectivity index (χ0v) is 19.4. The molecule has 0 fully saturated rings. The molecule has 0 aliphatic heterocycles. The van der Waals surface area contributed by atoms with Crippen LogP contribution in [0.1, 0.15) is 59.7 Å². The first-order valence-electron chi connectivity index (χ1n) is 9.76. The molecule has 0 aliphatic rings. The van der Waals surface area contributed by atoms with E-state index in [0.29, 0.717) is 21.6 Å². The normalized spacial score (nSPS) is 11.8. The molecule has 3 aromatic rings. The monoisotopic (exact) mass is 481 g/mol. The largest absolute Gasteiger partial charge is 0.444 e. The Morgan fingerprint density at radius 2 is 1.65 bits per heavy atom. The number of nitrogens with zero attached hydrogens (tertiary/aromatic N) is 1. The first-order chi connectivity index (χ1) is 14.6. The average molecular weight is 482 g/mol. The summed E-state index contributed by atoms with van der Waals surface area (Å²) in [5, 5.41) is 6.98. The van der Waals surface area contributed by atoms with Gasteiger partial charge in [0.05, 0.1) is 5.71 Å². The number of furan rings is 1. The van der Waals surface area contributed by atoms with Gasteiger partial charge in [-0.25, -0.2) is 5.43 Å². The average Bonchev–Trinajstić information content (AvgIpc) is 3.18. The number of rotatable bonds is 5. The first-order valence-corrected chi connectivity index (χ1v) is 10.5. The summed E-state index contributed by atoms with van der Waals surface area (Å²) in [4.78, 5) is 24.7. The molecule has 31 heavy (non-hydrogen) atoms. The van der Waals surface area contributed by atoms with Gasteiger partial charge in [-0.15, -0.1) is 0 Å². The van der Waals surface area contributed by atoms with Crippen molar-refractivity contribution in [2.24, 2.45) is 5.10 Å². The summed E-state index contributed by atoms with van der Waals surface area (Å²) in [6.45, 7) is 8.16.